The van der Waals surface area contributed by atoms with Crippen molar-refractivity contribution < 1.29 is 14.3 Å². The Morgan fingerprint density at radius 2 is 1.85 bits per heavy atom. The van der Waals surface area contributed by atoms with Crippen molar-refractivity contribution in [2.24, 2.45) is 0 Å². The van der Waals surface area contributed by atoms with Gasteiger partial charge in [-0.3, -0.25) is 4.79 Å². The maximum atomic E-state index is 12.8. The Labute approximate surface area is 162 Å². The van der Waals surface area contributed by atoms with Gasteiger partial charge in [-0.15, -0.1) is 0 Å². The van der Waals surface area contributed by atoms with E-state index in [2.05, 4.69) is 10.4 Å². The van der Waals surface area contributed by atoms with Crippen molar-refractivity contribution >= 4 is 23.2 Å². The van der Waals surface area contributed by atoms with E-state index in [1.54, 1.807) is 49.4 Å². The molecule has 140 valence electrons. The summed E-state index contributed by atoms with van der Waals surface area (Å²) in [6.07, 6.45) is 2.20. The summed E-state index contributed by atoms with van der Waals surface area (Å²) in [6, 6.07) is 12.5. The highest BCUT2D eigenvalue weighted by molar-refractivity contribution is 6.30. The lowest BCUT2D eigenvalue weighted by Gasteiger charge is -2.11. The fraction of sp³-hybridized carbons (Fsp3) is 0.200. The first-order valence-electron chi connectivity index (χ1n) is 8.43. The number of methoxy groups -OCH3 is 2. The molecule has 0 unspecified atom stereocenters. The molecule has 1 aromatic heterocycles. The quantitative estimate of drug-likeness (QED) is 0.684. The van der Waals surface area contributed by atoms with E-state index in [9.17, 15) is 4.79 Å². The molecule has 1 heterocycles. The number of aromatic nitrogens is 2. The van der Waals surface area contributed by atoms with Gasteiger partial charge in [0.2, 0.25) is 0 Å². The van der Waals surface area contributed by atoms with E-state index in [1.807, 2.05) is 25.1 Å². The number of nitrogens with zero attached hydrogens (tertiary/aromatic N) is 2. The van der Waals surface area contributed by atoms with Gasteiger partial charge in [0, 0.05) is 28.9 Å². The van der Waals surface area contributed by atoms with E-state index < -0.39 is 0 Å². The van der Waals surface area contributed by atoms with Crippen LogP contribution in [0.25, 0.3) is 5.69 Å². The number of hydrogen-bond acceptors (Lipinski definition) is 4. The Morgan fingerprint density at radius 1 is 1.15 bits per heavy atom. The molecule has 7 heteroatoms. The van der Waals surface area contributed by atoms with E-state index >= 15 is 0 Å². The smallest absolute Gasteiger partial charge is 0.259 e. The minimum absolute atomic E-state index is 0.254. The van der Waals surface area contributed by atoms with E-state index in [1.165, 1.54) is 0 Å². The van der Waals surface area contributed by atoms with Crippen molar-refractivity contribution in [3.8, 4) is 17.2 Å². The summed E-state index contributed by atoms with van der Waals surface area (Å²) >= 11 is 6.08. The van der Waals surface area contributed by atoms with Crippen LogP contribution < -0.4 is 14.8 Å². The zero-order valence-electron chi connectivity index (χ0n) is 15.3. The second-order valence-electron chi connectivity index (χ2n) is 5.81. The van der Waals surface area contributed by atoms with Crippen LogP contribution in [0.1, 0.15) is 23.0 Å². The summed E-state index contributed by atoms with van der Waals surface area (Å²) in [6.45, 7) is 1.98. The van der Waals surface area contributed by atoms with E-state index in [0.29, 0.717) is 34.2 Å². The summed E-state index contributed by atoms with van der Waals surface area (Å²) in [7, 11) is 3.12. The molecule has 6 nitrogen and oxygen atoms in total. The van der Waals surface area contributed by atoms with Gasteiger partial charge in [-0.05, 0) is 24.6 Å². The molecule has 1 N–H and O–H groups in total. The monoisotopic (exact) mass is 385 g/mol. The van der Waals surface area contributed by atoms with Gasteiger partial charge in [-0.25, -0.2) is 4.68 Å². The number of ether oxygens (including phenoxy) is 2. The van der Waals surface area contributed by atoms with Gasteiger partial charge >= 0.3 is 0 Å². The lowest BCUT2D eigenvalue weighted by molar-refractivity contribution is 0.102. The van der Waals surface area contributed by atoms with Crippen molar-refractivity contribution in [1.82, 2.24) is 9.78 Å². The zero-order valence-corrected chi connectivity index (χ0v) is 16.1. The van der Waals surface area contributed by atoms with Crippen LogP contribution >= 0.6 is 11.6 Å². The summed E-state index contributed by atoms with van der Waals surface area (Å²) in [5.41, 5.74) is 2.68. The molecule has 0 radical (unpaired) electrons. The normalized spacial score (nSPS) is 10.5. The predicted octanol–water partition coefficient (Wildman–Crippen LogP) is 4.36. The average Bonchev–Trinajstić information content (AvgIpc) is 3.11. The van der Waals surface area contributed by atoms with Gasteiger partial charge in [-0.2, -0.15) is 5.10 Å². The van der Waals surface area contributed by atoms with Gasteiger partial charge in [0.1, 0.15) is 11.5 Å². The van der Waals surface area contributed by atoms with E-state index in [4.69, 9.17) is 21.1 Å². The molecule has 0 aliphatic heterocycles. The summed E-state index contributed by atoms with van der Waals surface area (Å²) in [5.74, 6) is 0.931. The topological polar surface area (TPSA) is 65.4 Å². The van der Waals surface area contributed by atoms with Crippen molar-refractivity contribution in [3.63, 3.8) is 0 Å². The molecule has 0 aliphatic carbocycles. The maximum absolute atomic E-state index is 12.8. The van der Waals surface area contributed by atoms with Crippen LogP contribution in [0.5, 0.6) is 11.5 Å². The standard InChI is InChI=1S/C20H20ClN3O3/c1-4-19-18(12-22-24(19)15-7-5-6-13(21)8-15)20(25)23-14-9-16(26-2)11-17(10-14)27-3/h5-12H,4H2,1-3H3,(H,23,25). The van der Waals surface area contributed by atoms with Crippen LogP contribution in [0.4, 0.5) is 5.69 Å². The first kappa shape index (κ1) is 18.8. The number of rotatable bonds is 6. The fourth-order valence-corrected chi connectivity index (χ4v) is 3.00. The zero-order chi connectivity index (χ0) is 19.4. The lowest BCUT2D eigenvalue weighted by Crippen LogP contribution is -2.14. The van der Waals surface area contributed by atoms with E-state index in [0.717, 1.165) is 11.4 Å². The third-order valence-corrected chi connectivity index (χ3v) is 4.35. The number of anilines is 1. The van der Waals surface area contributed by atoms with Crippen LogP contribution in [0, 0.1) is 0 Å². The minimum Gasteiger partial charge on any atom is -0.497 e. The van der Waals surface area contributed by atoms with Crippen LogP contribution in [0.2, 0.25) is 5.02 Å². The Hall–Kier alpha value is -2.99. The van der Waals surface area contributed by atoms with Gasteiger partial charge in [-0.1, -0.05) is 24.6 Å². The molecule has 3 aromatic rings. The number of halogens is 1. The van der Waals surface area contributed by atoms with Crippen LogP contribution in [0.15, 0.2) is 48.7 Å². The Kier molecular flexibility index (Phi) is 5.66. The van der Waals surface area contributed by atoms with Gasteiger partial charge in [0.25, 0.3) is 5.91 Å². The van der Waals surface area contributed by atoms with Crippen molar-refractivity contribution in [1.29, 1.82) is 0 Å². The van der Waals surface area contributed by atoms with Crippen LogP contribution in [-0.2, 0) is 6.42 Å². The lowest BCUT2D eigenvalue weighted by atomic mass is 10.1. The van der Waals surface area contributed by atoms with Crippen LogP contribution in [0.3, 0.4) is 0 Å². The van der Waals surface area contributed by atoms with Gasteiger partial charge in [0.05, 0.1) is 37.4 Å². The molecular weight excluding hydrogens is 366 g/mol. The second-order valence-corrected chi connectivity index (χ2v) is 6.24. The third-order valence-electron chi connectivity index (χ3n) is 4.11. The molecule has 0 saturated heterocycles. The number of hydrogen-bond donors (Lipinski definition) is 1. The number of nitrogens with one attached hydrogen (secondary N) is 1. The largest absolute Gasteiger partial charge is 0.497 e. The van der Waals surface area contributed by atoms with Gasteiger partial charge in [0.15, 0.2) is 0 Å². The average molecular weight is 386 g/mol. The van der Waals surface area contributed by atoms with E-state index in [-0.39, 0.29) is 5.91 Å². The first-order valence-corrected chi connectivity index (χ1v) is 8.80. The molecule has 0 spiro atoms. The molecule has 0 saturated carbocycles. The predicted molar refractivity (Wildman–Crippen MR) is 105 cm³/mol. The highest BCUT2D eigenvalue weighted by Crippen LogP contribution is 2.27. The van der Waals surface area contributed by atoms with Crippen molar-refractivity contribution in [3.05, 3.63) is 64.9 Å². The Morgan fingerprint density at radius 3 is 2.44 bits per heavy atom. The fourth-order valence-electron chi connectivity index (χ4n) is 2.81. The molecule has 0 bridgehead atoms. The maximum Gasteiger partial charge on any atom is 0.259 e. The molecule has 3 rings (SSSR count). The highest BCUT2D eigenvalue weighted by atomic mass is 35.5. The number of carbonyl (C=O) groups excluding carboxylic acids is 1. The number of carbonyl (C=O) groups is 1. The molecule has 0 atom stereocenters. The second kappa shape index (κ2) is 8.14. The van der Waals surface area contributed by atoms with Crippen LogP contribution in [-0.4, -0.2) is 29.9 Å². The van der Waals surface area contributed by atoms with Gasteiger partial charge < -0.3 is 14.8 Å². The van der Waals surface area contributed by atoms with Crippen molar-refractivity contribution in [2.75, 3.05) is 19.5 Å². The summed E-state index contributed by atoms with van der Waals surface area (Å²) in [4.78, 5) is 12.8. The molecule has 27 heavy (non-hydrogen) atoms. The Balaban J connectivity index is 1.92. The molecule has 0 aliphatic rings. The molecule has 0 fully saturated rings. The third kappa shape index (κ3) is 4.06. The first-order chi connectivity index (χ1) is 13.0. The molecule has 1 amide bonds. The molecular formula is C20H20ClN3O3. The SMILES string of the molecule is CCc1c(C(=O)Nc2cc(OC)cc(OC)c2)cnn1-c1cccc(Cl)c1. The molecule has 2 aromatic carbocycles. The number of amides is 1. The highest BCUT2D eigenvalue weighted by Gasteiger charge is 2.18. The Bertz CT molecular complexity index is 947. The minimum atomic E-state index is -0.254. The summed E-state index contributed by atoms with van der Waals surface area (Å²) in [5, 5.41) is 7.87. The summed E-state index contributed by atoms with van der Waals surface area (Å²) < 4.78 is 12.2. The number of benzene rings is 2. The van der Waals surface area contributed by atoms with Crippen molar-refractivity contribution in [2.45, 2.75) is 13.3 Å².